The molecule has 0 bridgehead atoms. The SMILES string of the molecule is Cc1ccc(Cl)cc1S(=O)(=O)N(N[C@@H]1CCS(=O)(=O)C1)[C@H]1CCS(=O)(=O)C1. The van der Waals surface area contributed by atoms with Gasteiger partial charge in [0.25, 0.3) is 10.0 Å². The van der Waals surface area contributed by atoms with Gasteiger partial charge in [-0.25, -0.2) is 30.7 Å². The van der Waals surface area contributed by atoms with E-state index in [4.69, 9.17) is 11.6 Å². The molecular formula is C15H21ClN2O6S3. The van der Waals surface area contributed by atoms with Crippen LogP contribution < -0.4 is 5.43 Å². The van der Waals surface area contributed by atoms with Crippen molar-refractivity contribution in [3.63, 3.8) is 0 Å². The number of hydrogen-bond donors (Lipinski definition) is 1. The molecule has 0 amide bonds. The number of sulfonamides is 1. The van der Waals surface area contributed by atoms with Gasteiger partial charge in [-0.15, -0.1) is 4.41 Å². The number of hydrazine groups is 1. The van der Waals surface area contributed by atoms with Gasteiger partial charge in [0.05, 0.1) is 33.9 Å². The highest BCUT2D eigenvalue weighted by Gasteiger charge is 2.42. The molecule has 3 rings (SSSR count). The van der Waals surface area contributed by atoms with Crippen molar-refractivity contribution < 1.29 is 25.3 Å². The summed E-state index contributed by atoms with van der Waals surface area (Å²) >= 11 is 5.96. The summed E-state index contributed by atoms with van der Waals surface area (Å²) in [4.78, 5) is -0.0346. The van der Waals surface area contributed by atoms with Crippen LogP contribution in [0, 0.1) is 6.92 Å². The fraction of sp³-hybridized carbons (Fsp3) is 0.600. The van der Waals surface area contributed by atoms with Crippen LogP contribution in [-0.4, -0.2) is 64.8 Å². The zero-order valence-electron chi connectivity index (χ0n) is 14.6. The Morgan fingerprint density at radius 3 is 2.26 bits per heavy atom. The average molecular weight is 457 g/mol. The van der Waals surface area contributed by atoms with Gasteiger partial charge in [0.1, 0.15) is 0 Å². The van der Waals surface area contributed by atoms with Crippen molar-refractivity contribution in [2.45, 2.75) is 36.7 Å². The van der Waals surface area contributed by atoms with Crippen molar-refractivity contribution in [1.82, 2.24) is 9.84 Å². The van der Waals surface area contributed by atoms with Crippen LogP contribution in [0.15, 0.2) is 23.1 Å². The maximum atomic E-state index is 13.3. The van der Waals surface area contributed by atoms with Crippen LogP contribution in [0.5, 0.6) is 0 Å². The van der Waals surface area contributed by atoms with E-state index in [2.05, 4.69) is 5.43 Å². The van der Waals surface area contributed by atoms with E-state index in [1.807, 2.05) is 0 Å². The Hall–Kier alpha value is -0.720. The molecule has 0 aromatic heterocycles. The molecule has 2 atom stereocenters. The van der Waals surface area contributed by atoms with Crippen LogP contribution in [0.25, 0.3) is 0 Å². The smallest absolute Gasteiger partial charge is 0.237 e. The summed E-state index contributed by atoms with van der Waals surface area (Å²) < 4.78 is 74.9. The van der Waals surface area contributed by atoms with E-state index in [1.165, 1.54) is 6.07 Å². The van der Waals surface area contributed by atoms with Gasteiger partial charge in [0.2, 0.25) is 0 Å². The summed E-state index contributed by atoms with van der Waals surface area (Å²) in [6, 6.07) is 3.06. The number of hydrogen-bond acceptors (Lipinski definition) is 7. The summed E-state index contributed by atoms with van der Waals surface area (Å²) in [6.45, 7) is 1.62. The van der Waals surface area contributed by atoms with Crippen LogP contribution in [-0.2, 0) is 29.7 Å². The minimum absolute atomic E-state index is 0.0300. The number of benzene rings is 1. The van der Waals surface area contributed by atoms with Crippen LogP contribution in [0.4, 0.5) is 0 Å². The highest BCUT2D eigenvalue weighted by Crippen LogP contribution is 2.28. The van der Waals surface area contributed by atoms with E-state index in [-0.39, 0.29) is 45.8 Å². The van der Waals surface area contributed by atoms with Crippen LogP contribution >= 0.6 is 11.6 Å². The molecule has 1 aromatic rings. The first-order valence-corrected chi connectivity index (χ1v) is 13.8. The Bertz CT molecular complexity index is 1050. The Kier molecular flexibility index (Phi) is 5.65. The summed E-state index contributed by atoms with van der Waals surface area (Å²) in [6.07, 6.45) is 0.413. The number of halogens is 1. The van der Waals surface area contributed by atoms with E-state index in [1.54, 1.807) is 19.1 Å². The Labute approximate surface area is 164 Å². The molecule has 8 nitrogen and oxygen atoms in total. The topological polar surface area (TPSA) is 118 Å². The lowest BCUT2D eigenvalue weighted by Crippen LogP contribution is -2.54. The molecule has 12 heteroatoms. The highest BCUT2D eigenvalue weighted by molar-refractivity contribution is 7.92. The van der Waals surface area contributed by atoms with Crippen LogP contribution in [0.3, 0.4) is 0 Å². The van der Waals surface area contributed by atoms with Gasteiger partial charge < -0.3 is 0 Å². The fourth-order valence-electron chi connectivity index (χ4n) is 3.37. The molecule has 1 N–H and O–H groups in total. The highest BCUT2D eigenvalue weighted by atomic mass is 35.5. The molecule has 152 valence electrons. The van der Waals surface area contributed by atoms with Gasteiger partial charge >= 0.3 is 0 Å². The zero-order chi connectivity index (χ0) is 20.0. The normalized spacial score (nSPS) is 27.2. The lowest BCUT2D eigenvalue weighted by atomic mass is 10.2. The lowest BCUT2D eigenvalue weighted by molar-refractivity contribution is 0.229. The summed E-state index contributed by atoms with van der Waals surface area (Å²) in [5, 5.41) is 0.238. The first-order valence-electron chi connectivity index (χ1n) is 8.37. The lowest BCUT2D eigenvalue weighted by Gasteiger charge is -2.31. The first-order chi connectivity index (χ1) is 12.4. The summed E-state index contributed by atoms with van der Waals surface area (Å²) in [7, 11) is -10.7. The Balaban J connectivity index is 1.99. The summed E-state index contributed by atoms with van der Waals surface area (Å²) in [5.41, 5.74) is 3.26. The number of rotatable bonds is 5. The minimum Gasteiger partial charge on any atom is -0.237 e. The second-order valence-electron chi connectivity index (χ2n) is 7.00. The van der Waals surface area contributed by atoms with Gasteiger partial charge in [-0.1, -0.05) is 17.7 Å². The predicted octanol–water partition coefficient (Wildman–Crippen LogP) is 0.518. The third kappa shape index (κ3) is 4.65. The Morgan fingerprint density at radius 2 is 1.70 bits per heavy atom. The van der Waals surface area contributed by atoms with E-state index in [9.17, 15) is 25.3 Å². The van der Waals surface area contributed by atoms with Crippen molar-refractivity contribution in [3.8, 4) is 0 Å². The molecule has 1 aromatic carbocycles. The van der Waals surface area contributed by atoms with Crippen molar-refractivity contribution in [2.75, 3.05) is 23.0 Å². The van der Waals surface area contributed by atoms with E-state index in [0.717, 1.165) is 4.41 Å². The number of nitrogens with zero attached hydrogens (tertiary/aromatic N) is 1. The predicted molar refractivity (Wildman–Crippen MR) is 102 cm³/mol. The minimum atomic E-state index is -4.13. The monoisotopic (exact) mass is 456 g/mol. The molecule has 2 aliphatic heterocycles. The zero-order valence-corrected chi connectivity index (χ0v) is 17.8. The molecular weight excluding hydrogens is 436 g/mol. The van der Waals surface area contributed by atoms with Gasteiger partial charge in [0, 0.05) is 11.1 Å². The van der Waals surface area contributed by atoms with E-state index < -0.39 is 41.8 Å². The van der Waals surface area contributed by atoms with Crippen molar-refractivity contribution >= 4 is 41.3 Å². The number of sulfone groups is 2. The molecule has 0 unspecified atom stereocenters. The molecule has 2 fully saturated rings. The van der Waals surface area contributed by atoms with Crippen LogP contribution in [0.1, 0.15) is 18.4 Å². The average Bonchev–Trinajstić information content (AvgIpc) is 3.08. The van der Waals surface area contributed by atoms with Gasteiger partial charge in [-0.2, -0.15) is 0 Å². The van der Waals surface area contributed by atoms with Crippen molar-refractivity contribution in [1.29, 1.82) is 0 Å². The molecule has 27 heavy (non-hydrogen) atoms. The van der Waals surface area contributed by atoms with Gasteiger partial charge in [0.15, 0.2) is 19.7 Å². The fourth-order valence-corrected chi connectivity index (χ4v) is 8.88. The van der Waals surface area contributed by atoms with Crippen molar-refractivity contribution in [2.24, 2.45) is 0 Å². The number of aryl methyl sites for hydroxylation is 1. The molecule has 0 spiro atoms. The molecule has 2 aliphatic rings. The quantitative estimate of drug-likeness (QED) is 0.641. The maximum Gasteiger partial charge on any atom is 0.256 e. The van der Waals surface area contributed by atoms with E-state index >= 15 is 0 Å². The summed E-state index contributed by atoms with van der Waals surface area (Å²) in [5.74, 6) is -0.633. The van der Waals surface area contributed by atoms with Crippen molar-refractivity contribution in [3.05, 3.63) is 28.8 Å². The third-order valence-electron chi connectivity index (χ3n) is 4.77. The Morgan fingerprint density at radius 1 is 1.07 bits per heavy atom. The first kappa shape index (κ1) is 21.0. The molecule has 2 saturated heterocycles. The third-order valence-corrected chi connectivity index (χ3v) is 10.4. The van der Waals surface area contributed by atoms with Gasteiger partial charge in [-0.05, 0) is 37.5 Å². The standard InChI is InChI=1S/C15H21ClN2O6S3/c1-11-2-3-12(16)8-15(11)27(23,24)18(14-5-7-26(21,22)10-14)17-13-4-6-25(19,20)9-13/h2-3,8,13-14,17H,4-7,9-10H2,1H3/t13-,14+/m1/s1. The molecule has 2 heterocycles. The van der Waals surface area contributed by atoms with E-state index in [0.29, 0.717) is 5.56 Å². The molecule has 0 saturated carbocycles. The largest absolute Gasteiger partial charge is 0.256 e. The second-order valence-corrected chi connectivity index (χ2v) is 13.7. The molecule has 0 aliphatic carbocycles. The molecule has 0 radical (unpaired) electrons. The maximum absolute atomic E-state index is 13.3. The number of nitrogens with one attached hydrogen (secondary N) is 1. The van der Waals surface area contributed by atoms with Gasteiger partial charge in [-0.3, -0.25) is 0 Å². The second kappa shape index (κ2) is 7.27. The van der Waals surface area contributed by atoms with Crippen LogP contribution in [0.2, 0.25) is 5.02 Å².